The second kappa shape index (κ2) is 29.6. The highest BCUT2D eigenvalue weighted by atomic mass is 127. The molecule has 0 aliphatic carbocycles. The first kappa shape index (κ1) is 66.2. The number of aryl methyl sites for hydroxylation is 1. The molecule has 22 heteroatoms. The lowest BCUT2D eigenvalue weighted by atomic mass is 9.93. The Morgan fingerprint density at radius 2 is 1.22 bits per heavy atom. The van der Waals surface area contributed by atoms with Crippen LogP contribution in [-0.2, 0) is 44.5 Å². The first-order valence-electron chi connectivity index (χ1n) is 27.5. The number of alkyl carbamates (subject to hydrolysis) is 2. The number of esters is 1. The maximum Gasteiger partial charge on any atom is 0.419 e. The van der Waals surface area contributed by atoms with Crippen molar-refractivity contribution in [1.29, 1.82) is 0 Å². The number of carbonyl (C=O) groups is 8. The summed E-state index contributed by atoms with van der Waals surface area (Å²) >= 11 is 1.88. The Morgan fingerprint density at radius 1 is 0.687 bits per heavy atom. The fourth-order valence-electron chi connectivity index (χ4n) is 8.56. The number of amides is 7. The minimum Gasteiger partial charge on any atom is -0.491 e. The van der Waals surface area contributed by atoms with Crippen LogP contribution in [0.25, 0.3) is 22.3 Å². The third-order valence-electron chi connectivity index (χ3n) is 12.5. The van der Waals surface area contributed by atoms with E-state index in [9.17, 15) is 28.8 Å². The largest absolute Gasteiger partial charge is 0.491 e. The highest BCUT2D eigenvalue weighted by Gasteiger charge is 2.37. The lowest BCUT2D eigenvalue weighted by molar-refractivity contribution is -0.145. The predicted octanol–water partition coefficient (Wildman–Crippen LogP) is 8.91. The Balaban J connectivity index is 1.61. The number of rotatable bonds is 19. The van der Waals surface area contributed by atoms with Crippen molar-refractivity contribution < 1.29 is 66.8 Å². The van der Waals surface area contributed by atoms with E-state index in [1.54, 1.807) is 111 Å². The van der Waals surface area contributed by atoms with Crippen molar-refractivity contribution in [2.24, 2.45) is 0 Å². The molecular weight excluding hydrogens is 1180 g/mol. The van der Waals surface area contributed by atoms with Crippen molar-refractivity contribution in [3.05, 3.63) is 107 Å². The molecule has 4 aromatic rings. The monoisotopic (exact) mass is 1260 g/mol. The van der Waals surface area contributed by atoms with Gasteiger partial charge in [-0.15, -0.1) is 0 Å². The lowest BCUT2D eigenvalue weighted by Crippen LogP contribution is -2.55. The summed E-state index contributed by atoms with van der Waals surface area (Å²) in [5.41, 5.74) is 2.44. The topological polar surface area (TPSA) is 259 Å². The zero-order valence-corrected chi connectivity index (χ0v) is 51.9. The molecule has 4 bridgehead atoms. The van der Waals surface area contributed by atoms with Gasteiger partial charge in [0.15, 0.2) is 0 Å². The molecule has 450 valence electrons. The lowest BCUT2D eigenvalue weighted by Gasteiger charge is -2.33. The Morgan fingerprint density at radius 3 is 1.76 bits per heavy atom. The zero-order chi connectivity index (χ0) is 61.4. The van der Waals surface area contributed by atoms with E-state index < -0.39 is 88.8 Å². The molecule has 0 saturated heterocycles. The predicted molar refractivity (Wildman–Crippen MR) is 321 cm³/mol. The molecule has 1 aliphatic heterocycles. The fourth-order valence-corrected chi connectivity index (χ4v) is 9.00. The van der Waals surface area contributed by atoms with Crippen LogP contribution in [0.1, 0.15) is 122 Å². The number of nitrogens with one attached hydrogen (secondary N) is 5. The average molecular weight is 1260 g/mol. The SMILES string of the molecule is COC(=O)[C@@H]1Cc2ccc(OCCNC(=O)OC(C)(C)C)c(c2)-c2cc(ccc2OCCNC(=O)OC(C)(C)C)[C@H](N(C)C(=O)[C@H](CCCCN(I)C(=O)OC(C)(C)C)NC(=O)c2ccc(-c3ccc(C)cc3)cc2)C(=O)N[C@@H](C)C(=O)N1. The fraction of sp³-hybridized carbons (Fsp3) is 0.475. The Kier molecular flexibility index (Phi) is 23.6. The molecule has 0 aromatic heterocycles. The van der Waals surface area contributed by atoms with Gasteiger partial charge < -0.3 is 59.9 Å². The van der Waals surface area contributed by atoms with Crippen LogP contribution in [0.15, 0.2) is 84.9 Å². The summed E-state index contributed by atoms with van der Waals surface area (Å²) in [6.07, 6.45) is -1.12. The zero-order valence-electron chi connectivity index (χ0n) is 49.7. The van der Waals surface area contributed by atoms with E-state index in [4.69, 9.17) is 28.4 Å². The van der Waals surface area contributed by atoms with Crippen molar-refractivity contribution in [2.45, 2.75) is 143 Å². The van der Waals surface area contributed by atoms with Crippen molar-refractivity contribution in [3.63, 3.8) is 0 Å². The molecule has 1 heterocycles. The minimum atomic E-state index is -1.51. The number of likely N-dealkylation sites (N-methyl/N-ethyl adjacent to an activating group) is 1. The van der Waals surface area contributed by atoms with Gasteiger partial charge in [0, 0.05) is 36.7 Å². The van der Waals surface area contributed by atoms with Crippen molar-refractivity contribution in [2.75, 3.05) is 47.0 Å². The Bertz CT molecular complexity index is 2930. The molecule has 0 radical (unpaired) electrons. The number of unbranched alkanes of at least 4 members (excludes halogenated alkanes) is 1. The number of methoxy groups -OCH3 is 1. The van der Waals surface area contributed by atoms with Crippen LogP contribution in [-0.4, -0.2) is 138 Å². The number of halogens is 1. The number of hydrogen-bond donors (Lipinski definition) is 5. The quantitative estimate of drug-likeness (QED) is 0.0193. The average Bonchev–Trinajstić information content (AvgIpc) is 3.61. The second-order valence-electron chi connectivity index (χ2n) is 23.0. The van der Waals surface area contributed by atoms with Gasteiger partial charge in [-0.25, -0.2) is 22.3 Å². The van der Waals surface area contributed by atoms with Crippen LogP contribution < -0.4 is 36.1 Å². The van der Waals surface area contributed by atoms with Gasteiger partial charge in [0.1, 0.15) is 65.7 Å². The van der Waals surface area contributed by atoms with Crippen LogP contribution in [0.5, 0.6) is 11.5 Å². The first-order chi connectivity index (χ1) is 38.9. The molecule has 5 N–H and O–H groups in total. The maximum atomic E-state index is 15.3. The Hall–Kier alpha value is -7.63. The summed E-state index contributed by atoms with van der Waals surface area (Å²) < 4.78 is 35.6. The summed E-state index contributed by atoms with van der Waals surface area (Å²) in [7, 11) is 2.60. The molecule has 0 spiro atoms. The van der Waals surface area contributed by atoms with E-state index in [0.717, 1.165) is 16.7 Å². The molecule has 83 heavy (non-hydrogen) atoms. The van der Waals surface area contributed by atoms with Gasteiger partial charge in [0.2, 0.25) is 17.7 Å². The molecule has 0 saturated carbocycles. The summed E-state index contributed by atoms with van der Waals surface area (Å²) in [6, 6.07) is 19.6. The highest BCUT2D eigenvalue weighted by Crippen LogP contribution is 2.40. The van der Waals surface area contributed by atoms with Gasteiger partial charge in [-0.05, 0) is 154 Å². The van der Waals surface area contributed by atoms with Crippen molar-refractivity contribution in [3.8, 4) is 33.8 Å². The van der Waals surface area contributed by atoms with Crippen molar-refractivity contribution in [1.82, 2.24) is 34.6 Å². The number of benzene rings is 4. The molecule has 4 atom stereocenters. The smallest absolute Gasteiger partial charge is 0.419 e. The third-order valence-corrected chi connectivity index (χ3v) is 13.4. The van der Waals surface area contributed by atoms with Gasteiger partial charge >= 0.3 is 24.2 Å². The van der Waals surface area contributed by atoms with Crippen LogP contribution in [0.3, 0.4) is 0 Å². The summed E-state index contributed by atoms with van der Waals surface area (Å²) in [5, 5.41) is 13.7. The number of ether oxygens (including phenoxy) is 6. The minimum absolute atomic E-state index is 0.0113. The standard InChI is InChI=1S/C61H80IN7O14/c1-37-17-20-40(21-18-37)41-22-24-42(25-23-41)52(71)66-46(16-14-15-31-69(62)58(77)83-61(9,10)11)54(73)68(12)50-43-26-28-49(80-33-30-64-57(76)82-60(6,7)8)45(36-43)44-34-39(19-27-48(44)79-32-29-63-56(75)81-59(3,4)5)35-47(55(74)78-13)67-51(70)38(2)65-53(50)72/h17-28,34,36,38,46-47,50H,14-16,29-33,35H2,1-13H3,(H,63,75)(H,64,76)(H,65,72)(H,66,71)(H,67,70)/t38-,46-,47-,50-/m0/s1. The molecule has 21 nitrogen and oxygen atoms in total. The van der Waals surface area contributed by atoms with Gasteiger partial charge in [-0.2, -0.15) is 0 Å². The third kappa shape index (κ3) is 20.9. The van der Waals surface area contributed by atoms with Crippen molar-refractivity contribution >= 4 is 70.7 Å². The van der Waals surface area contributed by atoms with Gasteiger partial charge in [-0.3, -0.25) is 19.2 Å². The number of hydrogen-bond acceptors (Lipinski definition) is 14. The summed E-state index contributed by atoms with van der Waals surface area (Å²) in [4.78, 5) is 111. The second-order valence-corrected chi connectivity index (χ2v) is 24.2. The van der Waals surface area contributed by atoms with Crippen LogP contribution >= 0.6 is 22.9 Å². The molecule has 0 unspecified atom stereocenters. The molecular formula is C61H80IN7O14. The van der Waals surface area contributed by atoms with Gasteiger partial charge in [-0.1, -0.05) is 54.1 Å². The molecule has 4 aromatic carbocycles. The van der Waals surface area contributed by atoms with E-state index in [2.05, 4.69) is 26.6 Å². The molecule has 5 rings (SSSR count). The van der Waals surface area contributed by atoms with Crippen LogP contribution in [0.4, 0.5) is 14.4 Å². The van der Waals surface area contributed by atoms with E-state index in [1.807, 2.05) is 66.2 Å². The van der Waals surface area contributed by atoms with E-state index in [1.165, 1.54) is 29.1 Å². The van der Waals surface area contributed by atoms with Gasteiger partial charge in [0.25, 0.3) is 5.91 Å². The Labute approximate surface area is 500 Å². The summed E-state index contributed by atoms with van der Waals surface area (Å²) in [6.45, 7) is 19.3. The van der Waals surface area contributed by atoms with Crippen LogP contribution in [0.2, 0.25) is 0 Å². The van der Waals surface area contributed by atoms with Crippen LogP contribution in [0, 0.1) is 6.92 Å². The normalized spacial score (nSPS) is 15.8. The number of nitrogens with zero attached hydrogens (tertiary/aromatic N) is 2. The molecule has 0 fully saturated rings. The van der Waals surface area contributed by atoms with E-state index >= 15 is 9.59 Å². The van der Waals surface area contributed by atoms with E-state index in [-0.39, 0.29) is 68.3 Å². The number of fused-ring (bicyclic) bond motifs is 5. The van der Waals surface area contributed by atoms with E-state index in [0.29, 0.717) is 29.5 Å². The molecule has 7 amide bonds. The highest BCUT2D eigenvalue weighted by molar-refractivity contribution is 14.1. The first-order valence-corrected chi connectivity index (χ1v) is 28.4. The van der Waals surface area contributed by atoms with Gasteiger partial charge in [0.05, 0.1) is 43.1 Å². The maximum absolute atomic E-state index is 15.3. The summed E-state index contributed by atoms with van der Waals surface area (Å²) in [5.74, 6) is -3.01. The molecule has 1 aliphatic rings. The number of carbonyl (C=O) groups excluding carboxylic acids is 8.